The molecule has 22 heavy (non-hydrogen) atoms. The predicted molar refractivity (Wildman–Crippen MR) is 91.5 cm³/mol. The topological polar surface area (TPSA) is 37.3 Å². The first kappa shape index (κ1) is 16.7. The molecule has 2 aliphatic carbocycles. The zero-order chi connectivity index (χ0) is 16.0. The van der Waals surface area contributed by atoms with E-state index in [9.17, 15) is 9.90 Å². The van der Waals surface area contributed by atoms with Gasteiger partial charge >= 0.3 is 0 Å². The van der Waals surface area contributed by atoms with Crippen molar-refractivity contribution >= 4 is 11.9 Å². The van der Waals surface area contributed by atoms with E-state index >= 15 is 0 Å². The number of unbranched alkanes of at least 4 members (excludes halogenated alkanes) is 3. The molecule has 0 aliphatic heterocycles. The van der Waals surface area contributed by atoms with E-state index in [4.69, 9.17) is 0 Å². The summed E-state index contributed by atoms with van der Waals surface area (Å²) in [4.78, 5) is 9.68. The molecule has 0 spiro atoms. The summed E-state index contributed by atoms with van der Waals surface area (Å²) in [7, 11) is 0. The molecule has 0 bridgehead atoms. The molecule has 118 valence electrons. The largest absolute Gasteiger partial charge is 0.381 e. The minimum atomic E-state index is -0.753. The summed E-state index contributed by atoms with van der Waals surface area (Å²) in [6.07, 6.45) is 11.6. The second kappa shape index (κ2) is 7.55. The van der Waals surface area contributed by atoms with Crippen molar-refractivity contribution in [2.24, 2.45) is 0 Å². The molecule has 0 radical (unpaired) electrons. The predicted octanol–water partition coefficient (Wildman–Crippen LogP) is 4.78. The average molecular weight is 298 g/mol. The smallest absolute Gasteiger partial charge is 0.119 e. The van der Waals surface area contributed by atoms with Crippen molar-refractivity contribution in [1.29, 1.82) is 0 Å². The molecular weight excluding hydrogens is 272 g/mol. The van der Waals surface area contributed by atoms with E-state index in [0.717, 1.165) is 37.5 Å². The molecule has 1 N–H and O–H groups in total. The van der Waals surface area contributed by atoms with Crippen LogP contribution in [0.5, 0.6) is 0 Å². The van der Waals surface area contributed by atoms with Gasteiger partial charge in [0.05, 0.1) is 0 Å². The lowest BCUT2D eigenvalue weighted by Gasteiger charge is -2.23. The third-order valence-electron chi connectivity index (χ3n) is 4.43. The Kier molecular flexibility index (Phi) is 5.73. The van der Waals surface area contributed by atoms with Gasteiger partial charge in [0.1, 0.15) is 11.9 Å². The van der Waals surface area contributed by atoms with Gasteiger partial charge in [-0.3, -0.25) is 0 Å². The first-order valence-electron chi connectivity index (χ1n) is 8.29. The molecule has 2 heteroatoms. The van der Waals surface area contributed by atoms with Gasteiger partial charge in [0, 0.05) is 6.42 Å². The van der Waals surface area contributed by atoms with Gasteiger partial charge in [0.15, 0.2) is 0 Å². The standard InChI is InChI=1S/C14H14O.C6H12O/c1-14(15)12-8-4-2-6-10(12)11-7-3-5-9-13(11)14;1-2-3-4-5-6-7/h2-4,6-8,15H,5,9H2,1H3;6H,2-5H2,1H3. The van der Waals surface area contributed by atoms with E-state index in [1.165, 1.54) is 29.6 Å². The van der Waals surface area contributed by atoms with Crippen LogP contribution in [-0.2, 0) is 10.4 Å². The summed E-state index contributed by atoms with van der Waals surface area (Å²) in [6.45, 7) is 4.04. The Morgan fingerprint density at radius 1 is 1.27 bits per heavy atom. The fraction of sp³-hybridized carbons (Fsp3) is 0.450. The summed E-state index contributed by atoms with van der Waals surface area (Å²) in [5.74, 6) is 0. The van der Waals surface area contributed by atoms with E-state index in [1.807, 2.05) is 25.1 Å². The van der Waals surface area contributed by atoms with Crippen molar-refractivity contribution in [3.05, 3.63) is 53.1 Å². The van der Waals surface area contributed by atoms with Gasteiger partial charge in [0.25, 0.3) is 0 Å². The Balaban J connectivity index is 0.000000217. The molecule has 1 atom stereocenters. The molecule has 3 rings (SSSR count). The summed E-state index contributed by atoms with van der Waals surface area (Å²) in [5, 5.41) is 10.6. The SMILES string of the molecule is CC1(O)C2=C(C=CCC2)c2ccccc21.CCCCCC=O. The summed E-state index contributed by atoms with van der Waals surface area (Å²) >= 11 is 0. The first-order valence-corrected chi connectivity index (χ1v) is 8.29. The number of benzene rings is 1. The molecule has 0 aromatic heterocycles. The Morgan fingerprint density at radius 2 is 2.05 bits per heavy atom. The van der Waals surface area contributed by atoms with Crippen LogP contribution in [0.1, 0.15) is 63.5 Å². The van der Waals surface area contributed by atoms with Gasteiger partial charge in [-0.15, -0.1) is 0 Å². The van der Waals surface area contributed by atoms with Crippen molar-refractivity contribution in [3.8, 4) is 0 Å². The van der Waals surface area contributed by atoms with Crippen molar-refractivity contribution < 1.29 is 9.90 Å². The van der Waals surface area contributed by atoms with Crippen molar-refractivity contribution in [1.82, 2.24) is 0 Å². The van der Waals surface area contributed by atoms with Crippen LogP contribution in [0.15, 0.2) is 42.0 Å². The van der Waals surface area contributed by atoms with E-state index in [1.54, 1.807) is 0 Å². The lowest BCUT2D eigenvalue weighted by Crippen LogP contribution is -2.21. The highest BCUT2D eigenvalue weighted by atomic mass is 16.3. The van der Waals surface area contributed by atoms with Gasteiger partial charge in [-0.05, 0) is 48.5 Å². The van der Waals surface area contributed by atoms with Crippen LogP contribution in [0, 0.1) is 0 Å². The Bertz CT molecular complexity index is 579. The summed E-state index contributed by atoms with van der Waals surface area (Å²) in [5.41, 5.74) is 3.93. The summed E-state index contributed by atoms with van der Waals surface area (Å²) < 4.78 is 0. The number of carbonyl (C=O) groups is 1. The third kappa shape index (κ3) is 3.38. The van der Waals surface area contributed by atoms with Crippen LogP contribution >= 0.6 is 0 Å². The molecule has 1 aromatic rings. The number of hydrogen-bond donors (Lipinski definition) is 1. The molecule has 2 nitrogen and oxygen atoms in total. The van der Waals surface area contributed by atoms with Gasteiger partial charge in [0.2, 0.25) is 0 Å². The zero-order valence-corrected chi connectivity index (χ0v) is 13.6. The Morgan fingerprint density at radius 3 is 2.77 bits per heavy atom. The van der Waals surface area contributed by atoms with E-state index < -0.39 is 5.60 Å². The molecule has 1 unspecified atom stereocenters. The highest BCUT2D eigenvalue weighted by molar-refractivity contribution is 5.85. The van der Waals surface area contributed by atoms with Crippen molar-refractivity contribution in [2.45, 2.75) is 58.0 Å². The van der Waals surface area contributed by atoms with Crippen LogP contribution in [0.25, 0.3) is 5.57 Å². The number of hydrogen-bond acceptors (Lipinski definition) is 2. The first-order chi connectivity index (χ1) is 10.6. The zero-order valence-electron chi connectivity index (χ0n) is 13.6. The fourth-order valence-corrected chi connectivity index (χ4v) is 3.20. The Labute approximate surface area is 133 Å². The van der Waals surface area contributed by atoms with Crippen LogP contribution in [0.2, 0.25) is 0 Å². The van der Waals surface area contributed by atoms with Crippen LogP contribution < -0.4 is 0 Å². The number of allylic oxidation sites excluding steroid dienone is 3. The van der Waals surface area contributed by atoms with Crippen molar-refractivity contribution in [2.75, 3.05) is 0 Å². The quantitative estimate of drug-likeness (QED) is 0.642. The number of rotatable bonds is 4. The maximum Gasteiger partial charge on any atom is 0.119 e. The lowest BCUT2D eigenvalue weighted by molar-refractivity contribution is -0.107. The lowest BCUT2D eigenvalue weighted by atomic mass is 9.88. The highest BCUT2D eigenvalue weighted by Gasteiger charge is 2.38. The highest BCUT2D eigenvalue weighted by Crippen LogP contribution is 2.48. The van der Waals surface area contributed by atoms with Gasteiger partial charge < -0.3 is 9.90 Å². The van der Waals surface area contributed by atoms with Crippen LogP contribution in [-0.4, -0.2) is 11.4 Å². The number of aldehydes is 1. The molecule has 0 heterocycles. The Hall–Kier alpha value is -1.67. The van der Waals surface area contributed by atoms with Gasteiger partial charge in [-0.1, -0.05) is 56.2 Å². The maximum atomic E-state index is 10.6. The fourth-order valence-electron chi connectivity index (χ4n) is 3.20. The molecule has 0 amide bonds. The van der Waals surface area contributed by atoms with Gasteiger partial charge in [-0.25, -0.2) is 0 Å². The monoisotopic (exact) mass is 298 g/mol. The molecule has 0 saturated heterocycles. The molecule has 0 saturated carbocycles. The van der Waals surface area contributed by atoms with E-state index in [2.05, 4.69) is 25.1 Å². The minimum Gasteiger partial charge on any atom is -0.381 e. The second-order valence-electron chi connectivity index (χ2n) is 6.11. The normalized spacial score (nSPS) is 21.8. The molecule has 1 aromatic carbocycles. The van der Waals surface area contributed by atoms with E-state index in [0.29, 0.717) is 0 Å². The molecular formula is C20H26O2. The van der Waals surface area contributed by atoms with Crippen molar-refractivity contribution in [3.63, 3.8) is 0 Å². The molecule has 2 aliphatic rings. The number of aliphatic hydroxyl groups is 1. The second-order valence-corrected chi connectivity index (χ2v) is 6.11. The minimum absolute atomic E-state index is 0.744. The average Bonchev–Trinajstić information content (AvgIpc) is 2.78. The molecule has 0 fully saturated rings. The summed E-state index contributed by atoms with van der Waals surface area (Å²) in [6, 6.07) is 8.16. The van der Waals surface area contributed by atoms with Gasteiger partial charge in [-0.2, -0.15) is 0 Å². The van der Waals surface area contributed by atoms with Crippen LogP contribution in [0.4, 0.5) is 0 Å². The third-order valence-corrected chi connectivity index (χ3v) is 4.43. The maximum absolute atomic E-state index is 10.6. The van der Waals surface area contributed by atoms with E-state index in [-0.39, 0.29) is 0 Å². The van der Waals surface area contributed by atoms with Crippen LogP contribution in [0.3, 0.4) is 0 Å². The number of carbonyl (C=O) groups excluding carboxylic acids is 1. The number of fused-ring (bicyclic) bond motifs is 2.